The number of ether oxygens (including phenoxy) is 1. The largest absolute Gasteiger partial charge is 0.466 e. The van der Waals surface area contributed by atoms with Crippen molar-refractivity contribution in [2.45, 2.75) is 24.4 Å². The lowest BCUT2D eigenvalue weighted by atomic mass is 10.1. The van der Waals surface area contributed by atoms with Gasteiger partial charge in [-0.15, -0.1) is 0 Å². The molecular weight excluding hydrogens is 188 g/mol. The third-order valence-corrected chi connectivity index (χ3v) is 2.37. The van der Waals surface area contributed by atoms with E-state index < -0.39 is 24.4 Å². The highest BCUT2D eigenvalue weighted by Gasteiger charge is 2.44. The Kier molecular flexibility index (Phi) is 2.56. The SMILES string of the molecule is OC[C@H]1O[C@@H](c2ccco2)[C@H](O)[C@@H]1O. The van der Waals surface area contributed by atoms with Gasteiger partial charge in [-0.2, -0.15) is 0 Å². The summed E-state index contributed by atoms with van der Waals surface area (Å²) in [6.45, 7) is -0.324. The molecule has 1 aliphatic rings. The zero-order valence-corrected chi connectivity index (χ0v) is 7.41. The van der Waals surface area contributed by atoms with Crippen LogP contribution in [0.5, 0.6) is 0 Å². The molecular formula is C9H12O5. The predicted molar refractivity (Wildman–Crippen MR) is 45.4 cm³/mol. The van der Waals surface area contributed by atoms with Crippen LogP contribution in [0.2, 0.25) is 0 Å². The number of aliphatic hydroxyl groups excluding tert-OH is 3. The number of rotatable bonds is 2. The van der Waals surface area contributed by atoms with Crippen LogP contribution in [-0.4, -0.2) is 40.2 Å². The summed E-state index contributed by atoms with van der Waals surface area (Å²) in [4.78, 5) is 0. The molecule has 5 heteroatoms. The monoisotopic (exact) mass is 200 g/mol. The van der Waals surface area contributed by atoms with Crippen molar-refractivity contribution < 1.29 is 24.5 Å². The fraction of sp³-hybridized carbons (Fsp3) is 0.556. The molecule has 1 aromatic heterocycles. The molecule has 0 aliphatic carbocycles. The van der Waals surface area contributed by atoms with Gasteiger partial charge in [-0.25, -0.2) is 0 Å². The Bertz CT molecular complexity index is 283. The van der Waals surface area contributed by atoms with Gasteiger partial charge >= 0.3 is 0 Å². The van der Waals surface area contributed by atoms with E-state index in [4.69, 9.17) is 14.3 Å². The van der Waals surface area contributed by atoms with Gasteiger partial charge in [0, 0.05) is 0 Å². The first-order chi connectivity index (χ1) is 6.74. The minimum absolute atomic E-state index is 0.324. The maximum Gasteiger partial charge on any atom is 0.144 e. The molecule has 1 saturated heterocycles. The molecule has 5 nitrogen and oxygen atoms in total. The van der Waals surface area contributed by atoms with Gasteiger partial charge in [0.1, 0.15) is 30.2 Å². The molecule has 3 N–H and O–H groups in total. The van der Waals surface area contributed by atoms with Crippen LogP contribution in [0, 0.1) is 0 Å². The maximum absolute atomic E-state index is 9.58. The van der Waals surface area contributed by atoms with E-state index in [1.165, 1.54) is 6.26 Å². The van der Waals surface area contributed by atoms with E-state index in [0.29, 0.717) is 5.76 Å². The molecule has 0 spiro atoms. The minimum Gasteiger partial charge on any atom is -0.466 e. The fourth-order valence-corrected chi connectivity index (χ4v) is 1.59. The van der Waals surface area contributed by atoms with Crippen LogP contribution in [0.1, 0.15) is 11.9 Å². The zero-order chi connectivity index (χ0) is 10.1. The smallest absolute Gasteiger partial charge is 0.144 e. The average molecular weight is 200 g/mol. The molecule has 14 heavy (non-hydrogen) atoms. The summed E-state index contributed by atoms with van der Waals surface area (Å²) < 4.78 is 10.3. The van der Waals surface area contributed by atoms with E-state index >= 15 is 0 Å². The van der Waals surface area contributed by atoms with Crippen molar-refractivity contribution in [3.63, 3.8) is 0 Å². The number of furan rings is 1. The van der Waals surface area contributed by atoms with E-state index in [9.17, 15) is 10.2 Å². The van der Waals surface area contributed by atoms with E-state index in [2.05, 4.69) is 0 Å². The second-order valence-corrected chi connectivity index (χ2v) is 3.27. The molecule has 4 atom stereocenters. The van der Waals surface area contributed by atoms with Crippen LogP contribution < -0.4 is 0 Å². The number of hydrogen-bond acceptors (Lipinski definition) is 5. The third kappa shape index (κ3) is 1.44. The van der Waals surface area contributed by atoms with Crippen LogP contribution in [0.15, 0.2) is 22.8 Å². The number of hydrogen-bond donors (Lipinski definition) is 3. The molecule has 1 fully saturated rings. The van der Waals surface area contributed by atoms with Crippen LogP contribution >= 0.6 is 0 Å². The molecule has 0 unspecified atom stereocenters. The topological polar surface area (TPSA) is 83.1 Å². The first-order valence-electron chi connectivity index (χ1n) is 4.40. The van der Waals surface area contributed by atoms with Gasteiger partial charge in [0.2, 0.25) is 0 Å². The Morgan fingerprint density at radius 2 is 2.07 bits per heavy atom. The molecule has 0 radical (unpaired) electrons. The summed E-state index contributed by atoms with van der Waals surface area (Å²) in [5.41, 5.74) is 0. The molecule has 0 bridgehead atoms. The highest BCUT2D eigenvalue weighted by atomic mass is 16.6. The Morgan fingerprint density at radius 3 is 2.57 bits per heavy atom. The highest BCUT2D eigenvalue weighted by Crippen LogP contribution is 2.33. The Morgan fingerprint density at radius 1 is 1.29 bits per heavy atom. The van der Waals surface area contributed by atoms with Gasteiger partial charge in [0.05, 0.1) is 12.9 Å². The highest BCUT2D eigenvalue weighted by molar-refractivity contribution is 5.08. The Hall–Kier alpha value is -0.880. The van der Waals surface area contributed by atoms with Crippen LogP contribution in [-0.2, 0) is 4.74 Å². The predicted octanol–water partition coefficient (Wildman–Crippen LogP) is -0.566. The summed E-state index contributed by atoms with van der Waals surface area (Å²) in [7, 11) is 0. The summed E-state index contributed by atoms with van der Waals surface area (Å²) >= 11 is 0. The first-order valence-corrected chi connectivity index (χ1v) is 4.40. The van der Waals surface area contributed by atoms with Crippen LogP contribution in [0.25, 0.3) is 0 Å². The zero-order valence-electron chi connectivity index (χ0n) is 7.41. The molecule has 2 rings (SSSR count). The lowest BCUT2D eigenvalue weighted by Gasteiger charge is -2.11. The minimum atomic E-state index is -1.07. The molecule has 1 aromatic rings. The summed E-state index contributed by atoms with van der Waals surface area (Å²) in [6, 6.07) is 3.32. The summed E-state index contributed by atoms with van der Waals surface area (Å²) in [5, 5.41) is 27.9. The van der Waals surface area contributed by atoms with Crippen molar-refractivity contribution >= 4 is 0 Å². The molecule has 2 heterocycles. The Labute approximate surface area is 80.5 Å². The maximum atomic E-state index is 9.58. The van der Waals surface area contributed by atoms with Gasteiger partial charge in [-0.05, 0) is 12.1 Å². The standard InChI is InChI=1S/C9H12O5/c10-4-6-7(11)8(12)9(14-6)5-2-1-3-13-5/h1-3,6-12H,4H2/t6-,7-,8-,9+/m1/s1. The fourth-order valence-electron chi connectivity index (χ4n) is 1.59. The van der Waals surface area contributed by atoms with Crippen molar-refractivity contribution in [3.05, 3.63) is 24.2 Å². The molecule has 1 aliphatic heterocycles. The van der Waals surface area contributed by atoms with Crippen molar-refractivity contribution in [1.29, 1.82) is 0 Å². The van der Waals surface area contributed by atoms with Gasteiger partial charge in [-0.3, -0.25) is 0 Å². The van der Waals surface area contributed by atoms with E-state index in [1.54, 1.807) is 12.1 Å². The lowest BCUT2D eigenvalue weighted by Crippen LogP contribution is -2.32. The van der Waals surface area contributed by atoms with Gasteiger partial charge < -0.3 is 24.5 Å². The average Bonchev–Trinajstić information content (AvgIpc) is 2.78. The molecule has 0 saturated carbocycles. The van der Waals surface area contributed by atoms with Gasteiger partial charge in [-0.1, -0.05) is 0 Å². The van der Waals surface area contributed by atoms with E-state index in [0.717, 1.165) is 0 Å². The normalized spacial score (nSPS) is 37.6. The van der Waals surface area contributed by atoms with Gasteiger partial charge in [0.15, 0.2) is 0 Å². The van der Waals surface area contributed by atoms with Crippen molar-refractivity contribution in [3.8, 4) is 0 Å². The van der Waals surface area contributed by atoms with Crippen molar-refractivity contribution in [2.24, 2.45) is 0 Å². The second kappa shape index (κ2) is 3.70. The van der Waals surface area contributed by atoms with Crippen molar-refractivity contribution in [2.75, 3.05) is 6.61 Å². The van der Waals surface area contributed by atoms with E-state index in [1.807, 2.05) is 0 Å². The second-order valence-electron chi connectivity index (χ2n) is 3.27. The summed E-state index contributed by atoms with van der Waals surface area (Å²) in [6.07, 6.45) is -2.12. The number of aliphatic hydroxyl groups is 3. The molecule has 78 valence electrons. The Balaban J connectivity index is 2.16. The van der Waals surface area contributed by atoms with Crippen molar-refractivity contribution in [1.82, 2.24) is 0 Å². The molecule has 0 aromatic carbocycles. The quantitative estimate of drug-likeness (QED) is 0.595. The van der Waals surface area contributed by atoms with Crippen LogP contribution in [0.3, 0.4) is 0 Å². The lowest BCUT2D eigenvalue weighted by molar-refractivity contribution is -0.0290. The first kappa shape index (κ1) is 9.67. The van der Waals surface area contributed by atoms with Gasteiger partial charge in [0.25, 0.3) is 0 Å². The summed E-state index contributed by atoms with van der Waals surface area (Å²) in [5.74, 6) is 0.451. The van der Waals surface area contributed by atoms with Crippen LogP contribution in [0.4, 0.5) is 0 Å². The molecule has 0 amide bonds. The van der Waals surface area contributed by atoms with E-state index in [-0.39, 0.29) is 6.61 Å². The third-order valence-electron chi connectivity index (χ3n) is 2.37.